The van der Waals surface area contributed by atoms with Crippen LogP contribution in [0.2, 0.25) is 0 Å². The first-order valence-corrected chi connectivity index (χ1v) is 8.53. The van der Waals surface area contributed by atoms with Gasteiger partial charge >= 0.3 is 0 Å². The number of halogens is 1. The highest BCUT2D eigenvalue weighted by molar-refractivity contribution is 9.10. The summed E-state index contributed by atoms with van der Waals surface area (Å²) in [6.45, 7) is 0. The zero-order valence-electron chi connectivity index (χ0n) is 8.94. The van der Waals surface area contributed by atoms with E-state index in [0.29, 0.717) is 6.42 Å². The van der Waals surface area contributed by atoms with E-state index in [9.17, 15) is 8.42 Å². The number of thiophene rings is 1. The van der Waals surface area contributed by atoms with Gasteiger partial charge in [-0.3, -0.25) is 11.3 Å². The van der Waals surface area contributed by atoms with Crippen LogP contribution in [0.4, 0.5) is 0 Å². The molecule has 0 aromatic carbocycles. The number of nitrogens with two attached hydrogens (primary N) is 1. The number of rotatable bonds is 6. The molecule has 1 atom stereocenters. The molecular weight excluding hydrogens is 312 g/mol. The predicted octanol–water partition coefficient (Wildman–Crippen LogP) is 1.84. The van der Waals surface area contributed by atoms with Gasteiger partial charge in [0.15, 0.2) is 0 Å². The summed E-state index contributed by atoms with van der Waals surface area (Å²) in [5.74, 6) is 5.66. The largest absolute Gasteiger partial charge is 0.271 e. The molecule has 0 saturated heterocycles. The molecule has 0 amide bonds. The lowest BCUT2D eigenvalue weighted by molar-refractivity contribution is 0.514. The summed E-state index contributed by atoms with van der Waals surface area (Å²) < 4.78 is 23.0. The number of hydrazine groups is 1. The van der Waals surface area contributed by atoms with E-state index in [4.69, 9.17) is 5.84 Å². The molecule has 0 spiro atoms. The van der Waals surface area contributed by atoms with Gasteiger partial charge in [-0.15, -0.1) is 11.3 Å². The standard InChI is InChI=1S/C9H15BrN2O2S2/c1-16(13,14)4-2-3-8(12-11)9-5-7(10)6-15-9/h5-6,8,12H,2-4,11H2,1H3. The summed E-state index contributed by atoms with van der Waals surface area (Å²) in [6, 6.07) is 2.02. The summed E-state index contributed by atoms with van der Waals surface area (Å²) in [5, 5.41) is 1.98. The molecule has 1 heterocycles. The van der Waals surface area contributed by atoms with Crippen LogP contribution in [0.15, 0.2) is 15.9 Å². The fourth-order valence-corrected chi connectivity index (χ4v) is 3.60. The normalized spacial score (nSPS) is 13.9. The zero-order chi connectivity index (χ0) is 12.2. The second kappa shape index (κ2) is 6.11. The van der Waals surface area contributed by atoms with Crippen LogP contribution in [-0.4, -0.2) is 20.4 Å². The Morgan fingerprint density at radius 2 is 2.31 bits per heavy atom. The van der Waals surface area contributed by atoms with Crippen molar-refractivity contribution in [1.29, 1.82) is 0 Å². The van der Waals surface area contributed by atoms with Crippen LogP contribution < -0.4 is 11.3 Å². The van der Waals surface area contributed by atoms with Gasteiger partial charge < -0.3 is 0 Å². The van der Waals surface area contributed by atoms with Crippen LogP contribution in [0.1, 0.15) is 23.8 Å². The maximum Gasteiger partial charge on any atom is 0.147 e. The molecular formula is C9H15BrN2O2S2. The quantitative estimate of drug-likeness (QED) is 0.618. The first kappa shape index (κ1) is 14.1. The molecule has 92 valence electrons. The summed E-state index contributed by atoms with van der Waals surface area (Å²) in [5.41, 5.74) is 2.71. The Bertz CT molecular complexity index is 430. The number of nitrogens with one attached hydrogen (secondary N) is 1. The molecule has 16 heavy (non-hydrogen) atoms. The number of hydrogen-bond donors (Lipinski definition) is 2. The van der Waals surface area contributed by atoms with E-state index in [1.807, 2.05) is 11.4 Å². The van der Waals surface area contributed by atoms with Gasteiger partial charge in [0.05, 0.1) is 6.04 Å². The number of sulfone groups is 1. The zero-order valence-corrected chi connectivity index (χ0v) is 12.2. The summed E-state index contributed by atoms with van der Waals surface area (Å²) in [7, 11) is -2.88. The van der Waals surface area contributed by atoms with Crippen LogP contribution >= 0.6 is 27.3 Å². The van der Waals surface area contributed by atoms with Crippen molar-refractivity contribution in [2.24, 2.45) is 5.84 Å². The van der Waals surface area contributed by atoms with E-state index >= 15 is 0 Å². The highest BCUT2D eigenvalue weighted by Gasteiger charge is 2.13. The van der Waals surface area contributed by atoms with Crippen molar-refractivity contribution in [2.75, 3.05) is 12.0 Å². The SMILES string of the molecule is CS(=O)(=O)CCCC(NN)c1cc(Br)cs1. The van der Waals surface area contributed by atoms with E-state index in [1.165, 1.54) is 6.26 Å². The lowest BCUT2D eigenvalue weighted by atomic mass is 10.1. The second-order valence-corrected chi connectivity index (χ2v) is 7.78. The molecule has 0 saturated carbocycles. The van der Waals surface area contributed by atoms with Crippen molar-refractivity contribution in [1.82, 2.24) is 5.43 Å². The van der Waals surface area contributed by atoms with Crippen LogP contribution in [0.5, 0.6) is 0 Å². The van der Waals surface area contributed by atoms with Crippen LogP contribution in [0.25, 0.3) is 0 Å². The monoisotopic (exact) mass is 326 g/mol. The Labute approximate surface area is 108 Å². The molecule has 1 rings (SSSR count). The lowest BCUT2D eigenvalue weighted by Crippen LogP contribution is -2.27. The Hall–Kier alpha value is 0.0500. The molecule has 0 aliphatic heterocycles. The van der Waals surface area contributed by atoms with Crippen molar-refractivity contribution in [3.05, 3.63) is 20.8 Å². The summed E-state index contributed by atoms with van der Waals surface area (Å²) >= 11 is 4.98. The Morgan fingerprint density at radius 1 is 1.62 bits per heavy atom. The molecule has 0 aliphatic rings. The van der Waals surface area contributed by atoms with Gasteiger partial charge in [-0.1, -0.05) is 0 Å². The molecule has 0 fully saturated rings. The molecule has 0 bridgehead atoms. The van der Waals surface area contributed by atoms with Gasteiger partial charge in [0.25, 0.3) is 0 Å². The van der Waals surface area contributed by atoms with Crippen molar-refractivity contribution in [2.45, 2.75) is 18.9 Å². The van der Waals surface area contributed by atoms with Crippen molar-refractivity contribution < 1.29 is 8.42 Å². The summed E-state index contributed by atoms with van der Waals surface area (Å²) in [4.78, 5) is 1.11. The molecule has 3 N–H and O–H groups in total. The average Bonchev–Trinajstić information content (AvgIpc) is 2.58. The fourth-order valence-electron chi connectivity index (χ4n) is 1.37. The minimum atomic E-state index is -2.88. The van der Waals surface area contributed by atoms with Crippen molar-refractivity contribution >= 4 is 37.1 Å². The third kappa shape index (κ3) is 4.92. The minimum Gasteiger partial charge on any atom is -0.271 e. The maximum atomic E-state index is 11.0. The van der Waals surface area contributed by atoms with Crippen LogP contribution in [0, 0.1) is 0 Å². The minimum absolute atomic E-state index is 0.0260. The first-order chi connectivity index (χ1) is 7.42. The van der Waals surface area contributed by atoms with E-state index in [0.717, 1.165) is 15.8 Å². The predicted molar refractivity (Wildman–Crippen MR) is 71.0 cm³/mol. The van der Waals surface area contributed by atoms with E-state index < -0.39 is 9.84 Å². The fraction of sp³-hybridized carbons (Fsp3) is 0.556. The molecule has 1 aromatic heterocycles. The third-order valence-electron chi connectivity index (χ3n) is 2.14. The highest BCUT2D eigenvalue weighted by atomic mass is 79.9. The molecule has 0 aliphatic carbocycles. The smallest absolute Gasteiger partial charge is 0.147 e. The summed E-state index contributed by atoms with van der Waals surface area (Å²) in [6.07, 6.45) is 2.58. The molecule has 1 aromatic rings. The van der Waals surface area contributed by atoms with Crippen molar-refractivity contribution in [3.63, 3.8) is 0 Å². The Balaban J connectivity index is 2.50. The van der Waals surface area contributed by atoms with Crippen LogP contribution in [-0.2, 0) is 9.84 Å². The van der Waals surface area contributed by atoms with E-state index in [-0.39, 0.29) is 11.8 Å². The molecule has 0 radical (unpaired) electrons. The van der Waals surface area contributed by atoms with Crippen molar-refractivity contribution in [3.8, 4) is 0 Å². The van der Waals surface area contributed by atoms with Gasteiger partial charge in [0.1, 0.15) is 9.84 Å². The van der Waals surface area contributed by atoms with E-state index in [2.05, 4.69) is 21.4 Å². The van der Waals surface area contributed by atoms with Gasteiger partial charge in [-0.2, -0.15) is 0 Å². The van der Waals surface area contributed by atoms with Crippen LogP contribution in [0.3, 0.4) is 0 Å². The van der Waals surface area contributed by atoms with E-state index in [1.54, 1.807) is 11.3 Å². The second-order valence-electron chi connectivity index (χ2n) is 3.66. The maximum absolute atomic E-state index is 11.0. The average molecular weight is 327 g/mol. The van der Waals surface area contributed by atoms with Gasteiger partial charge in [0, 0.05) is 26.7 Å². The highest BCUT2D eigenvalue weighted by Crippen LogP contribution is 2.27. The first-order valence-electron chi connectivity index (χ1n) is 4.80. The molecule has 7 heteroatoms. The van der Waals surface area contributed by atoms with Gasteiger partial charge in [-0.05, 0) is 34.8 Å². The Morgan fingerprint density at radius 3 is 2.75 bits per heavy atom. The number of hydrogen-bond acceptors (Lipinski definition) is 5. The topological polar surface area (TPSA) is 72.2 Å². The Kier molecular flexibility index (Phi) is 5.39. The van der Waals surface area contributed by atoms with Gasteiger partial charge in [0.2, 0.25) is 0 Å². The molecule has 4 nitrogen and oxygen atoms in total. The lowest BCUT2D eigenvalue weighted by Gasteiger charge is -2.13. The van der Waals surface area contributed by atoms with Gasteiger partial charge in [-0.25, -0.2) is 8.42 Å². The third-order valence-corrected chi connectivity index (χ3v) is 4.98. The molecule has 1 unspecified atom stereocenters.